The molecule has 1 N–H and O–H groups in total. The van der Waals surface area contributed by atoms with Crippen LogP contribution < -0.4 is 19.2 Å². The summed E-state index contributed by atoms with van der Waals surface area (Å²) in [6.07, 6.45) is 0. The number of fused-ring (bicyclic) bond motifs is 3. The number of phenols is 1. The number of phosphoric ester groups is 1. The Hall–Kier alpha value is -2.41. The molecule has 3 aromatic rings. The molecular weight excluding hydrogens is 394 g/mol. The first kappa shape index (κ1) is 14.9. The molecule has 1 aromatic heterocycles. The van der Waals surface area contributed by atoms with Gasteiger partial charge in [-0.1, -0.05) is 23.2 Å². The van der Waals surface area contributed by atoms with E-state index in [-0.39, 0.29) is 44.6 Å². The van der Waals surface area contributed by atoms with E-state index in [4.69, 9.17) is 36.9 Å². The van der Waals surface area contributed by atoms with Crippen molar-refractivity contribution in [1.82, 2.24) is 9.71 Å². The molecule has 2 aromatic carbocycles. The third-order valence-electron chi connectivity index (χ3n) is 3.78. The van der Waals surface area contributed by atoms with Crippen molar-refractivity contribution in [1.29, 1.82) is 0 Å². The van der Waals surface area contributed by atoms with Gasteiger partial charge in [0.1, 0.15) is 16.2 Å². The number of aromatic hydroxyl groups is 1. The summed E-state index contributed by atoms with van der Waals surface area (Å²) in [5, 5.41) is 10.4. The number of rotatable bonds is 1. The van der Waals surface area contributed by atoms with Gasteiger partial charge in [0.2, 0.25) is 0 Å². The highest BCUT2D eigenvalue weighted by molar-refractivity contribution is 7.49. The van der Waals surface area contributed by atoms with Crippen molar-refractivity contribution in [2.24, 2.45) is 0 Å². The standard InChI is InChI=1S/C14H5Cl2N2O6P/c15-5-1-2-8(19)6(3-5)13-17-7-4-9-11(16)12-10(7)14(20)18(13)24-25(21,22-9)23-12/h1-4,19H. The minimum absolute atomic E-state index is 0.0000397. The van der Waals surface area contributed by atoms with Crippen LogP contribution in [0.3, 0.4) is 0 Å². The molecule has 8 nitrogen and oxygen atoms in total. The highest BCUT2D eigenvalue weighted by Crippen LogP contribution is 2.59. The number of hydrogen-bond acceptors (Lipinski definition) is 7. The SMILES string of the molecule is O=c1c2c3c(Cl)c4cc2nc(-c2cc(Cl)ccc2O)n1OP(=O)(O4)O3. The Morgan fingerprint density at radius 1 is 1.20 bits per heavy atom. The largest absolute Gasteiger partial charge is 0.666 e. The monoisotopic (exact) mass is 398 g/mol. The minimum Gasteiger partial charge on any atom is -0.507 e. The Morgan fingerprint density at radius 3 is 2.80 bits per heavy atom. The second-order valence-electron chi connectivity index (χ2n) is 5.32. The highest BCUT2D eigenvalue weighted by atomic mass is 35.5. The molecule has 126 valence electrons. The van der Waals surface area contributed by atoms with E-state index in [1.54, 1.807) is 0 Å². The third kappa shape index (κ3) is 1.93. The first-order chi connectivity index (χ1) is 11.9. The van der Waals surface area contributed by atoms with Crippen molar-refractivity contribution in [3.63, 3.8) is 0 Å². The molecule has 0 fully saturated rings. The molecule has 5 bridgehead atoms. The zero-order valence-electron chi connectivity index (χ0n) is 11.9. The van der Waals surface area contributed by atoms with E-state index >= 15 is 0 Å². The van der Waals surface area contributed by atoms with E-state index in [1.165, 1.54) is 24.3 Å². The average molecular weight is 399 g/mol. The smallest absolute Gasteiger partial charge is 0.507 e. The number of benzene rings is 2. The molecule has 3 heterocycles. The van der Waals surface area contributed by atoms with Crippen molar-refractivity contribution in [2.45, 2.75) is 0 Å². The summed E-state index contributed by atoms with van der Waals surface area (Å²) >= 11 is 12.1. The topological polar surface area (TPSA) is 99.9 Å². The van der Waals surface area contributed by atoms with Crippen molar-refractivity contribution >= 4 is 41.9 Å². The Kier molecular flexibility index (Phi) is 2.74. The molecule has 0 amide bonds. The van der Waals surface area contributed by atoms with Crippen LogP contribution in [0.25, 0.3) is 22.3 Å². The maximum absolute atomic E-state index is 12.8. The molecule has 0 saturated heterocycles. The lowest BCUT2D eigenvalue weighted by atomic mass is 10.1. The fraction of sp³-hybridized carbons (Fsp3) is 0. The van der Waals surface area contributed by atoms with Gasteiger partial charge in [-0.2, -0.15) is 4.57 Å². The van der Waals surface area contributed by atoms with Gasteiger partial charge in [-0.25, -0.2) is 4.98 Å². The second-order valence-corrected chi connectivity index (χ2v) is 7.56. The fourth-order valence-corrected chi connectivity index (χ4v) is 4.47. The molecule has 11 heteroatoms. The van der Waals surface area contributed by atoms with E-state index in [9.17, 15) is 14.5 Å². The summed E-state index contributed by atoms with van der Waals surface area (Å²) in [6, 6.07) is 5.56. The van der Waals surface area contributed by atoms with Crippen molar-refractivity contribution in [3.8, 4) is 28.6 Å². The Labute approximate surface area is 148 Å². The highest BCUT2D eigenvalue weighted by Gasteiger charge is 2.45. The van der Waals surface area contributed by atoms with Gasteiger partial charge in [-0.15, -0.1) is 4.73 Å². The predicted octanol–water partition coefficient (Wildman–Crippen LogP) is 3.40. The third-order valence-corrected chi connectivity index (χ3v) is 5.56. The van der Waals surface area contributed by atoms with E-state index in [1.807, 2.05) is 0 Å². The Bertz CT molecular complexity index is 1220. The molecule has 2 aliphatic rings. The quantitative estimate of drug-likeness (QED) is 0.626. The van der Waals surface area contributed by atoms with Gasteiger partial charge in [0, 0.05) is 11.1 Å². The molecule has 5 rings (SSSR count). The van der Waals surface area contributed by atoms with Gasteiger partial charge in [-0.3, -0.25) is 9.42 Å². The van der Waals surface area contributed by atoms with Gasteiger partial charge in [0.05, 0.1) is 11.1 Å². The van der Waals surface area contributed by atoms with Crippen LogP contribution in [0.4, 0.5) is 0 Å². The normalized spacial score (nSPS) is 19.6. The van der Waals surface area contributed by atoms with Gasteiger partial charge in [0.25, 0.3) is 5.56 Å². The molecule has 0 aliphatic carbocycles. The number of nitrogens with zero attached hydrogens (tertiary/aromatic N) is 2. The Morgan fingerprint density at radius 2 is 2.00 bits per heavy atom. The van der Waals surface area contributed by atoms with Gasteiger partial charge in [0.15, 0.2) is 17.3 Å². The second kappa shape index (κ2) is 4.60. The maximum atomic E-state index is 12.8. The maximum Gasteiger partial charge on any atom is 0.666 e. The van der Waals surface area contributed by atoms with E-state index < -0.39 is 13.4 Å². The number of halogens is 2. The van der Waals surface area contributed by atoms with Crippen LogP contribution in [0.1, 0.15) is 0 Å². The summed E-state index contributed by atoms with van der Waals surface area (Å²) < 4.78 is 29.0. The predicted molar refractivity (Wildman–Crippen MR) is 88.6 cm³/mol. The first-order valence-electron chi connectivity index (χ1n) is 6.84. The minimum atomic E-state index is -4.19. The van der Waals surface area contributed by atoms with E-state index in [0.29, 0.717) is 9.75 Å². The zero-order valence-corrected chi connectivity index (χ0v) is 14.3. The number of hydrogen-bond donors (Lipinski definition) is 1. The van der Waals surface area contributed by atoms with Crippen molar-refractivity contribution in [2.75, 3.05) is 0 Å². The molecule has 25 heavy (non-hydrogen) atoms. The fourth-order valence-electron chi connectivity index (χ4n) is 2.72. The summed E-state index contributed by atoms with van der Waals surface area (Å²) in [4.78, 5) is 17.2. The molecule has 1 atom stereocenters. The van der Waals surface area contributed by atoms with Gasteiger partial charge < -0.3 is 14.2 Å². The van der Waals surface area contributed by atoms with Gasteiger partial charge >= 0.3 is 7.82 Å². The van der Waals surface area contributed by atoms with Crippen molar-refractivity contribution in [3.05, 3.63) is 44.7 Å². The van der Waals surface area contributed by atoms with Crippen LogP contribution in [-0.2, 0) is 4.57 Å². The van der Waals surface area contributed by atoms with E-state index in [2.05, 4.69) is 4.98 Å². The first-order valence-corrected chi connectivity index (χ1v) is 9.05. The number of phenolic OH excluding ortho intramolecular Hbond substituents is 1. The number of phosphoric acid groups is 1. The van der Waals surface area contributed by atoms with Crippen LogP contribution in [0.2, 0.25) is 10.0 Å². The summed E-state index contributed by atoms with van der Waals surface area (Å²) in [7, 11) is -4.19. The lowest BCUT2D eigenvalue weighted by Gasteiger charge is -2.22. The zero-order chi connectivity index (χ0) is 17.5. The van der Waals surface area contributed by atoms with Crippen LogP contribution in [0.15, 0.2) is 29.1 Å². The van der Waals surface area contributed by atoms with Crippen molar-refractivity contribution < 1.29 is 23.3 Å². The molecule has 0 spiro atoms. The lowest BCUT2D eigenvalue weighted by molar-refractivity contribution is 0.186. The molecule has 0 radical (unpaired) electrons. The molecular formula is C14H5Cl2N2O6P. The van der Waals surface area contributed by atoms with Crippen LogP contribution in [0.5, 0.6) is 17.2 Å². The van der Waals surface area contributed by atoms with Crippen LogP contribution >= 0.6 is 31.0 Å². The van der Waals surface area contributed by atoms with Crippen LogP contribution in [-0.4, -0.2) is 14.8 Å². The van der Waals surface area contributed by atoms with E-state index in [0.717, 1.165) is 0 Å². The summed E-state index contributed by atoms with van der Waals surface area (Å²) in [5.41, 5.74) is -0.410. The van der Waals surface area contributed by atoms with Gasteiger partial charge in [-0.05, 0) is 18.2 Å². The Balaban J connectivity index is 1.97. The lowest BCUT2D eigenvalue weighted by Crippen LogP contribution is -2.27. The number of aromatic nitrogens is 2. The van der Waals surface area contributed by atoms with Crippen LogP contribution in [0, 0.1) is 0 Å². The average Bonchev–Trinajstić information content (AvgIpc) is 2.58. The molecule has 1 unspecified atom stereocenters. The summed E-state index contributed by atoms with van der Waals surface area (Å²) in [6.45, 7) is 0. The molecule has 0 saturated carbocycles. The molecule has 2 aliphatic heterocycles. The summed E-state index contributed by atoms with van der Waals surface area (Å²) in [5.74, 6) is -0.375.